The highest BCUT2D eigenvalue weighted by molar-refractivity contribution is 14.1. The Hall–Kier alpha value is -2.34. The molecule has 2 aromatic heterocycles. The van der Waals surface area contributed by atoms with Gasteiger partial charge in [0, 0.05) is 18.3 Å². The normalized spacial score (nSPS) is 10.5. The number of nitrogens with zero attached hydrogens (tertiary/aromatic N) is 2. The van der Waals surface area contributed by atoms with Gasteiger partial charge in [0.25, 0.3) is 0 Å². The lowest BCUT2D eigenvalue weighted by Gasteiger charge is -2.08. The fourth-order valence-electron chi connectivity index (χ4n) is 1.96. The zero-order valence-corrected chi connectivity index (χ0v) is 13.0. The topological polar surface area (TPSA) is 91.9 Å². The van der Waals surface area contributed by atoms with Crippen molar-refractivity contribution in [2.45, 2.75) is 6.92 Å². The van der Waals surface area contributed by atoms with Crippen LogP contribution in [0.15, 0.2) is 33.6 Å². The maximum absolute atomic E-state index is 11.2. The number of fused-ring (bicyclic) bond motifs is 1. The van der Waals surface area contributed by atoms with Crippen molar-refractivity contribution in [2.24, 2.45) is 0 Å². The molecule has 3 aromatic rings. The third-order valence-corrected chi connectivity index (χ3v) is 3.47. The molecule has 0 aliphatic rings. The van der Waals surface area contributed by atoms with Gasteiger partial charge in [0.2, 0.25) is 0 Å². The van der Waals surface area contributed by atoms with Crippen LogP contribution < -0.4 is 10.5 Å². The molecule has 104 valence electrons. The second kappa shape index (κ2) is 5.21. The molecule has 0 aliphatic heterocycles. The molecule has 0 atom stereocenters. The number of aromatic nitrogens is 2. The molecule has 0 amide bonds. The molecule has 0 fully saturated rings. The first-order valence-corrected chi connectivity index (χ1v) is 7.01. The van der Waals surface area contributed by atoms with Crippen molar-refractivity contribution in [2.75, 3.05) is 0 Å². The Balaban J connectivity index is 2.08. The van der Waals surface area contributed by atoms with Crippen LogP contribution in [0.4, 0.5) is 0 Å². The van der Waals surface area contributed by atoms with Crippen molar-refractivity contribution in [1.82, 2.24) is 9.97 Å². The number of hydrogen-bond acceptors (Lipinski definition) is 5. The Morgan fingerprint density at radius 1 is 1.43 bits per heavy atom. The number of oxazole rings is 1. The highest BCUT2D eigenvalue weighted by atomic mass is 127. The second-order valence-corrected chi connectivity index (χ2v) is 5.45. The first-order valence-electron chi connectivity index (χ1n) is 5.94. The monoisotopic (exact) mass is 393 g/mol. The molecular formula is C14H8IN3O3. The van der Waals surface area contributed by atoms with Gasteiger partial charge in [-0.2, -0.15) is 5.26 Å². The minimum atomic E-state index is -0.513. The minimum Gasteiger partial charge on any atom is -0.456 e. The van der Waals surface area contributed by atoms with E-state index in [9.17, 15) is 4.79 Å². The Morgan fingerprint density at radius 2 is 2.24 bits per heavy atom. The summed E-state index contributed by atoms with van der Waals surface area (Å²) in [4.78, 5) is 17.9. The van der Waals surface area contributed by atoms with Gasteiger partial charge in [-0.15, -0.1) is 0 Å². The van der Waals surface area contributed by atoms with Crippen molar-refractivity contribution in [3.63, 3.8) is 0 Å². The van der Waals surface area contributed by atoms with Gasteiger partial charge in [0.05, 0.1) is 5.52 Å². The van der Waals surface area contributed by atoms with Gasteiger partial charge in [0.15, 0.2) is 5.58 Å². The van der Waals surface area contributed by atoms with Crippen LogP contribution in [0, 0.1) is 22.0 Å². The zero-order valence-electron chi connectivity index (χ0n) is 10.8. The number of nitrogens with one attached hydrogen (secondary N) is 1. The van der Waals surface area contributed by atoms with Gasteiger partial charge in [-0.25, -0.2) is 9.78 Å². The Labute approximate surface area is 132 Å². The SMILES string of the molecule is Cc1cc(Oc2cc(I)ncc2C#N)cc2oc(=O)[nH]c12. The fraction of sp³-hybridized carbons (Fsp3) is 0.0714. The van der Waals surface area contributed by atoms with Crippen LogP contribution in [0.3, 0.4) is 0 Å². The largest absolute Gasteiger partial charge is 0.456 e. The van der Waals surface area contributed by atoms with Gasteiger partial charge in [0.1, 0.15) is 26.8 Å². The Morgan fingerprint density at radius 3 is 3.00 bits per heavy atom. The highest BCUT2D eigenvalue weighted by Gasteiger charge is 2.11. The van der Waals surface area contributed by atoms with Crippen molar-refractivity contribution < 1.29 is 9.15 Å². The fourth-order valence-corrected chi connectivity index (χ4v) is 2.38. The van der Waals surface area contributed by atoms with E-state index in [1.54, 1.807) is 18.2 Å². The predicted molar refractivity (Wildman–Crippen MR) is 83.3 cm³/mol. The number of aromatic amines is 1. The lowest BCUT2D eigenvalue weighted by molar-refractivity contribution is 0.477. The summed E-state index contributed by atoms with van der Waals surface area (Å²) in [6, 6.07) is 7.07. The van der Waals surface area contributed by atoms with Crippen LogP contribution in [-0.2, 0) is 0 Å². The van der Waals surface area contributed by atoms with Gasteiger partial charge < -0.3 is 9.15 Å². The standard InChI is InChI=1S/C14H8IN3O3/c1-7-2-9(3-11-13(7)18-14(19)21-11)20-10-4-12(15)17-6-8(10)5-16/h2-4,6H,1H3,(H,18,19). The molecule has 3 rings (SSSR count). The summed E-state index contributed by atoms with van der Waals surface area (Å²) < 4.78 is 11.5. The van der Waals surface area contributed by atoms with Crippen LogP contribution >= 0.6 is 22.6 Å². The Kier molecular flexibility index (Phi) is 3.39. The number of ether oxygens (including phenoxy) is 1. The lowest BCUT2D eigenvalue weighted by Crippen LogP contribution is -1.93. The number of aryl methyl sites for hydroxylation is 1. The average molecular weight is 393 g/mol. The molecule has 2 heterocycles. The summed E-state index contributed by atoms with van der Waals surface area (Å²) in [7, 11) is 0. The van der Waals surface area contributed by atoms with Gasteiger partial charge in [-0.05, 0) is 41.1 Å². The van der Waals surface area contributed by atoms with Crippen LogP contribution in [0.1, 0.15) is 11.1 Å². The summed E-state index contributed by atoms with van der Waals surface area (Å²) in [6.45, 7) is 1.84. The molecule has 21 heavy (non-hydrogen) atoms. The number of rotatable bonds is 2. The first kappa shape index (κ1) is 13.6. The van der Waals surface area contributed by atoms with E-state index >= 15 is 0 Å². The van der Waals surface area contributed by atoms with E-state index in [0.717, 1.165) is 5.56 Å². The van der Waals surface area contributed by atoms with Crippen molar-refractivity contribution >= 4 is 33.7 Å². The molecule has 1 aromatic carbocycles. The average Bonchev–Trinajstić information content (AvgIpc) is 2.80. The van der Waals surface area contributed by atoms with E-state index in [1.165, 1.54) is 6.20 Å². The Bertz CT molecular complexity index is 937. The molecule has 0 saturated carbocycles. The molecule has 1 N–H and O–H groups in total. The van der Waals surface area contributed by atoms with E-state index in [4.69, 9.17) is 14.4 Å². The highest BCUT2D eigenvalue weighted by Crippen LogP contribution is 2.29. The first-order chi connectivity index (χ1) is 10.1. The number of hydrogen-bond donors (Lipinski definition) is 1. The van der Waals surface area contributed by atoms with Gasteiger partial charge in [-0.3, -0.25) is 4.98 Å². The summed E-state index contributed by atoms with van der Waals surface area (Å²) in [5, 5.41) is 9.08. The number of H-pyrrole nitrogens is 1. The minimum absolute atomic E-state index is 0.337. The maximum Gasteiger partial charge on any atom is 0.417 e. The van der Waals surface area contributed by atoms with E-state index in [2.05, 4.69) is 9.97 Å². The third kappa shape index (κ3) is 2.62. The molecular weight excluding hydrogens is 385 g/mol. The van der Waals surface area contributed by atoms with Crippen LogP contribution in [0.2, 0.25) is 0 Å². The van der Waals surface area contributed by atoms with Crippen molar-refractivity contribution in [3.8, 4) is 17.6 Å². The summed E-state index contributed by atoms with van der Waals surface area (Å²) in [5.41, 5.74) is 2.20. The van der Waals surface area contributed by atoms with Crippen molar-refractivity contribution in [3.05, 3.63) is 49.8 Å². The van der Waals surface area contributed by atoms with E-state index in [1.807, 2.05) is 35.6 Å². The number of halogens is 1. The number of benzene rings is 1. The second-order valence-electron chi connectivity index (χ2n) is 4.34. The van der Waals surface area contributed by atoms with E-state index in [-0.39, 0.29) is 0 Å². The van der Waals surface area contributed by atoms with Gasteiger partial charge in [-0.1, -0.05) is 0 Å². The smallest absolute Gasteiger partial charge is 0.417 e. The molecule has 6 nitrogen and oxygen atoms in total. The van der Waals surface area contributed by atoms with Crippen LogP contribution in [0.25, 0.3) is 11.1 Å². The third-order valence-electron chi connectivity index (χ3n) is 2.88. The lowest BCUT2D eigenvalue weighted by atomic mass is 10.2. The molecule has 0 spiro atoms. The van der Waals surface area contributed by atoms with E-state index in [0.29, 0.717) is 31.9 Å². The molecule has 0 saturated heterocycles. The summed E-state index contributed by atoms with van der Waals surface area (Å²) >= 11 is 2.04. The molecule has 0 bridgehead atoms. The zero-order chi connectivity index (χ0) is 15.0. The van der Waals surface area contributed by atoms with Crippen LogP contribution in [-0.4, -0.2) is 9.97 Å². The molecule has 0 aliphatic carbocycles. The van der Waals surface area contributed by atoms with Gasteiger partial charge >= 0.3 is 5.76 Å². The predicted octanol–water partition coefficient (Wildman–Crippen LogP) is 3.09. The van der Waals surface area contributed by atoms with Crippen LogP contribution in [0.5, 0.6) is 11.5 Å². The molecule has 7 heteroatoms. The van der Waals surface area contributed by atoms with Crippen molar-refractivity contribution in [1.29, 1.82) is 5.26 Å². The maximum atomic E-state index is 11.2. The summed E-state index contributed by atoms with van der Waals surface area (Å²) in [5.74, 6) is 0.385. The summed E-state index contributed by atoms with van der Waals surface area (Å²) in [6.07, 6.45) is 1.46. The molecule has 0 radical (unpaired) electrons. The molecule has 0 unspecified atom stereocenters. The van der Waals surface area contributed by atoms with E-state index < -0.39 is 5.76 Å². The quantitative estimate of drug-likeness (QED) is 0.534. The number of pyridine rings is 1. The number of nitriles is 1.